The van der Waals surface area contributed by atoms with Crippen LogP contribution in [0.15, 0.2) is 16.6 Å². The Balaban J connectivity index is 2.94. The molecule has 0 unspecified atom stereocenters. The summed E-state index contributed by atoms with van der Waals surface area (Å²) in [5, 5.41) is 10.6. The van der Waals surface area contributed by atoms with Crippen LogP contribution in [0.5, 0.6) is 5.75 Å². The molecule has 0 atom stereocenters. The molecular formula is C10H10BrNO. The summed E-state index contributed by atoms with van der Waals surface area (Å²) < 4.78 is 0.737. The van der Waals surface area contributed by atoms with Crippen LogP contribution in [0.2, 0.25) is 0 Å². The molecule has 68 valence electrons. The van der Waals surface area contributed by atoms with Crippen molar-refractivity contribution in [2.45, 2.75) is 13.8 Å². The lowest BCUT2D eigenvalue weighted by Gasteiger charge is -1.97. The van der Waals surface area contributed by atoms with Crippen molar-refractivity contribution in [3.05, 3.63) is 27.9 Å². The van der Waals surface area contributed by atoms with Crippen LogP contribution in [0.3, 0.4) is 0 Å². The summed E-state index contributed by atoms with van der Waals surface area (Å²) in [6.45, 7) is 4.09. The number of rotatable bonds is 0. The first-order chi connectivity index (χ1) is 6.11. The molecule has 1 aromatic heterocycles. The molecule has 0 spiro atoms. The van der Waals surface area contributed by atoms with Crippen LogP contribution in [-0.2, 0) is 0 Å². The van der Waals surface area contributed by atoms with E-state index in [4.69, 9.17) is 0 Å². The topological polar surface area (TPSA) is 36.0 Å². The fraction of sp³-hybridized carbons (Fsp3) is 0.200. The monoisotopic (exact) mass is 239 g/mol. The second kappa shape index (κ2) is 2.77. The number of aryl methyl sites for hydroxylation is 2. The molecule has 0 aliphatic carbocycles. The lowest BCUT2D eigenvalue weighted by Crippen LogP contribution is -1.73. The summed E-state index contributed by atoms with van der Waals surface area (Å²) in [6.07, 6.45) is 0. The number of phenols is 1. The largest absolute Gasteiger partial charge is 0.507 e. The molecule has 1 aromatic carbocycles. The lowest BCUT2D eigenvalue weighted by molar-refractivity contribution is 0.473. The van der Waals surface area contributed by atoms with E-state index in [1.165, 1.54) is 5.56 Å². The average Bonchev–Trinajstić information content (AvgIpc) is 2.38. The van der Waals surface area contributed by atoms with E-state index in [-0.39, 0.29) is 5.75 Å². The predicted octanol–water partition coefficient (Wildman–Crippen LogP) is 3.25. The van der Waals surface area contributed by atoms with Gasteiger partial charge in [-0.2, -0.15) is 0 Å². The molecule has 2 N–H and O–H groups in total. The minimum Gasteiger partial charge on any atom is -0.507 e. The van der Waals surface area contributed by atoms with Gasteiger partial charge in [0.15, 0.2) is 0 Å². The van der Waals surface area contributed by atoms with Gasteiger partial charge in [-0.25, -0.2) is 0 Å². The van der Waals surface area contributed by atoms with Crippen LogP contribution < -0.4 is 0 Å². The van der Waals surface area contributed by atoms with Gasteiger partial charge in [-0.15, -0.1) is 0 Å². The maximum Gasteiger partial charge on any atom is 0.131 e. The molecule has 0 saturated heterocycles. The van der Waals surface area contributed by atoms with Gasteiger partial charge in [0.1, 0.15) is 5.75 Å². The zero-order chi connectivity index (χ0) is 9.59. The second-order valence-corrected chi connectivity index (χ2v) is 3.99. The summed E-state index contributed by atoms with van der Waals surface area (Å²) >= 11 is 3.35. The molecule has 0 bridgehead atoms. The van der Waals surface area contributed by atoms with Crippen LogP contribution in [0.25, 0.3) is 10.9 Å². The summed E-state index contributed by atoms with van der Waals surface area (Å²) in [4.78, 5) is 3.23. The van der Waals surface area contributed by atoms with Crippen LogP contribution in [0.1, 0.15) is 11.3 Å². The Labute approximate surface area is 84.7 Å². The Morgan fingerprint density at radius 3 is 2.69 bits per heavy atom. The Morgan fingerprint density at radius 2 is 2.00 bits per heavy atom. The van der Waals surface area contributed by atoms with Gasteiger partial charge in [-0.1, -0.05) is 0 Å². The van der Waals surface area contributed by atoms with Gasteiger partial charge >= 0.3 is 0 Å². The van der Waals surface area contributed by atoms with Gasteiger partial charge in [0.05, 0.1) is 9.99 Å². The highest BCUT2D eigenvalue weighted by Gasteiger charge is 2.09. The molecule has 2 rings (SSSR count). The highest BCUT2D eigenvalue weighted by atomic mass is 79.9. The van der Waals surface area contributed by atoms with E-state index >= 15 is 0 Å². The van der Waals surface area contributed by atoms with Crippen molar-refractivity contribution in [1.29, 1.82) is 0 Å². The lowest BCUT2D eigenvalue weighted by atomic mass is 10.1. The highest BCUT2D eigenvalue weighted by Crippen LogP contribution is 2.33. The van der Waals surface area contributed by atoms with E-state index in [0.717, 1.165) is 21.1 Å². The van der Waals surface area contributed by atoms with Crippen molar-refractivity contribution in [2.24, 2.45) is 0 Å². The summed E-state index contributed by atoms with van der Waals surface area (Å²) in [5.41, 5.74) is 3.34. The third kappa shape index (κ3) is 1.15. The Morgan fingerprint density at radius 1 is 1.31 bits per heavy atom. The Bertz CT molecular complexity index is 473. The quantitative estimate of drug-likeness (QED) is 0.728. The van der Waals surface area contributed by atoms with Crippen molar-refractivity contribution in [2.75, 3.05) is 0 Å². The number of nitrogens with one attached hydrogen (secondary N) is 1. The Hall–Kier alpha value is -0.960. The maximum absolute atomic E-state index is 9.45. The molecule has 0 radical (unpaired) electrons. The number of benzene rings is 1. The van der Waals surface area contributed by atoms with E-state index in [1.807, 2.05) is 13.0 Å². The van der Waals surface area contributed by atoms with Crippen LogP contribution in [0.4, 0.5) is 0 Å². The van der Waals surface area contributed by atoms with Gasteiger partial charge < -0.3 is 10.1 Å². The minimum atomic E-state index is 0.272. The number of hydrogen-bond acceptors (Lipinski definition) is 1. The van der Waals surface area contributed by atoms with Crippen LogP contribution in [0, 0.1) is 13.8 Å². The van der Waals surface area contributed by atoms with Crippen LogP contribution >= 0.6 is 15.9 Å². The molecule has 0 fully saturated rings. The number of fused-ring (bicyclic) bond motifs is 1. The number of halogens is 1. The van der Waals surface area contributed by atoms with Gasteiger partial charge in [-0.3, -0.25) is 0 Å². The summed E-state index contributed by atoms with van der Waals surface area (Å²) in [5.74, 6) is 0.272. The van der Waals surface area contributed by atoms with Crippen LogP contribution in [-0.4, -0.2) is 10.1 Å². The number of aromatic nitrogens is 1. The maximum atomic E-state index is 9.45. The molecule has 2 aromatic rings. The Kier molecular flexibility index (Phi) is 1.84. The normalized spacial score (nSPS) is 11.0. The predicted molar refractivity (Wildman–Crippen MR) is 57.1 cm³/mol. The SMILES string of the molecule is Cc1[nH]c2c(Br)c(O)ccc2c1C. The molecule has 3 heteroatoms. The van der Waals surface area contributed by atoms with Gasteiger partial charge in [-0.05, 0) is 47.5 Å². The van der Waals surface area contributed by atoms with Gasteiger partial charge in [0.2, 0.25) is 0 Å². The van der Waals surface area contributed by atoms with Gasteiger partial charge in [0.25, 0.3) is 0 Å². The number of aromatic amines is 1. The van der Waals surface area contributed by atoms with Crippen molar-refractivity contribution in [3.63, 3.8) is 0 Å². The number of phenolic OH excluding ortho intramolecular Hbond substituents is 1. The minimum absolute atomic E-state index is 0.272. The van der Waals surface area contributed by atoms with E-state index in [9.17, 15) is 5.11 Å². The smallest absolute Gasteiger partial charge is 0.131 e. The summed E-state index contributed by atoms with van der Waals surface area (Å²) in [7, 11) is 0. The molecule has 0 aliphatic heterocycles. The zero-order valence-electron chi connectivity index (χ0n) is 7.48. The molecule has 0 amide bonds. The molecule has 13 heavy (non-hydrogen) atoms. The second-order valence-electron chi connectivity index (χ2n) is 3.20. The third-order valence-electron chi connectivity index (χ3n) is 2.40. The van der Waals surface area contributed by atoms with Crippen molar-refractivity contribution in [1.82, 2.24) is 4.98 Å². The van der Waals surface area contributed by atoms with Crippen molar-refractivity contribution >= 4 is 26.8 Å². The van der Waals surface area contributed by atoms with E-state index in [0.29, 0.717) is 0 Å². The molecular weight excluding hydrogens is 230 g/mol. The van der Waals surface area contributed by atoms with Crippen molar-refractivity contribution < 1.29 is 5.11 Å². The highest BCUT2D eigenvalue weighted by molar-refractivity contribution is 9.10. The average molecular weight is 240 g/mol. The fourth-order valence-corrected chi connectivity index (χ4v) is 1.93. The molecule has 1 heterocycles. The number of H-pyrrole nitrogens is 1. The first-order valence-electron chi connectivity index (χ1n) is 4.07. The molecule has 2 nitrogen and oxygen atoms in total. The first kappa shape index (κ1) is 8.63. The third-order valence-corrected chi connectivity index (χ3v) is 3.20. The van der Waals surface area contributed by atoms with Gasteiger partial charge in [0, 0.05) is 11.1 Å². The first-order valence-corrected chi connectivity index (χ1v) is 4.87. The number of hydrogen-bond donors (Lipinski definition) is 2. The zero-order valence-corrected chi connectivity index (χ0v) is 9.07. The van der Waals surface area contributed by atoms with E-state index in [1.54, 1.807) is 6.07 Å². The fourth-order valence-electron chi connectivity index (χ4n) is 1.48. The van der Waals surface area contributed by atoms with Crippen molar-refractivity contribution in [3.8, 4) is 5.75 Å². The number of aromatic hydroxyl groups is 1. The summed E-state index contributed by atoms with van der Waals surface area (Å²) in [6, 6.07) is 3.63. The molecule has 0 saturated carbocycles. The van der Waals surface area contributed by atoms with E-state index in [2.05, 4.69) is 27.8 Å². The molecule has 0 aliphatic rings. The van der Waals surface area contributed by atoms with E-state index < -0.39 is 0 Å². The standard InChI is InChI=1S/C10H10BrNO/c1-5-6(2)12-10-7(5)3-4-8(13)9(10)11/h3-4,12-13H,1-2H3.